The Labute approximate surface area is 244 Å². The first-order chi connectivity index (χ1) is 20.0. The lowest BCUT2D eigenvalue weighted by Gasteiger charge is -2.26. The Balaban J connectivity index is 2.02. The van der Waals surface area contributed by atoms with Crippen LogP contribution in [0.5, 0.6) is 0 Å². The van der Waals surface area contributed by atoms with E-state index in [1.165, 1.54) is 0 Å². The van der Waals surface area contributed by atoms with Gasteiger partial charge in [0.15, 0.2) is 0 Å². The Morgan fingerprint density at radius 2 is 1.19 bits per heavy atom. The zero-order chi connectivity index (χ0) is 31.1. The van der Waals surface area contributed by atoms with Crippen LogP contribution in [0.4, 0.5) is 17.6 Å². The maximum Gasteiger partial charge on any atom is 0.383 e. The minimum absolute atomic E-state index is 0.0317. The second-order valence-electron chi connectivity index (χ2n) is 9.53. The van der Waals surface area contributed by atoms with Crippen LogP contribution in [0.25, 0.3) is 0 Å². The van der Waals surface area contributed by atoms with Crippen LogP contribution >= 0.6 is 0 Å². The van der Waals surface area contributed by atoms with Crippen LogP contribution in [0.15, 0.2) is 12.7 Å². The van der Waals surface area contributed by atoms with E-state index in [9.17, 15) is 32.9 Å². The lowest BCUT2D eigenvalue weighted by molar-refractivity contribution is -0.394. The molecule has 1 saturated heterocycles. The van der Waals surface area contributed by atoms with Crippen molar-refractivity contribution in [3.8, 4) is 0 Å². The van der Waals surface area contributed by atoms with Crippen molar-refractivity contribution in [2.75, 3.05) is 112 Å². The predicted molar refractivity (Wildman–Crippen MR) is 141 cm³/mol. The highest BCUT2D eigenvalue weighted by atomic mass is 19.3. The number of alkyl halides is 4. The number of hydrogen-bond acceptors (Lipinski definition) is 12. The summed E-state index contributed by atoms with van der Waals surface area (Å²) >= 11 is 0. The highest BCUT2D eigenvalue weighted by Crippen LogP contribution is 2.27. The Bertz CT molecular complexity index is 664. The summed E-state index contributed by atoms with van der Waals surface area (Å²) in [4.78, 5) is 2.12. The van der Waals surface area contributed by atoms with Crippen molar-refractivity contribution in [2.24, 2.45) is 0 Å². The van der Waals surface area contributed by atoms with Crippen LogP contribution in [0.2, 0.25) is 0 Å². The summed E-state index contributed by atoms with van der Waals surface area (Å²) in [7, 11) is 0. The summed E-state index contributed by atoms with van der Waals surface area (Å²) in [6, 6.07) is 0. The summed E-state index contributed by atoms with van der Waals surface area (Å²) in [5.41, 5.74) is 0. The molecule has 0 radical (unpaired) electrons. The van der Waals surface area contributed by atoms with E-state index in [0.29, 0.717) is 39.4 Å². The fraction of sp³-hybridized carbons (Fsp3) is 0.923. The molecule has 1 aliphatic rings. The molecule has 0 spiro atoms. The van der Waals surface area contributed by atoms with Gasteiger partial charge < -0.3 is 48.5 Å². The summed E-state index contributed by atoms with van der Waals surface area (Å²) in [6.45, 7) is 3.73. The van der Waals surface area contributed by atoms with Crippen molar-refractivity contribution in [1.82, 2.24) is 4.90 Å². The molecule has 1 aliphatic heterocycles. The van der Waals surface area contributed by atoms with Crippen LogP contribution in [0.3, 0.4) is 0 Å². The van der Waals surface area contributed by atoms with E-state index in [0.717, 1.165) is 13.1 Å². The molecule has 16 heteroatoms. The number of aliphatic hydroxyl groups excluding tert-OH is 3. The van der Waals surface area contributed by atoms with Gasteiger partial charge >= 0.3 is 12.2 Å². The van der Waals surface area contributed by atoms with Crippen LogP contribution in [-0.4, -0.2) is 163 Å². The maximum absolute atomic E-state index is 13.8. The number of aliphatic hydroxyl groups is 3. The van der Waals surface area contributed by atoms with Crippen LogP contribution in [-0.2, 0) is 37.9 Å². The number of rotatable bonds is 28. The van der Waals surface area contributed by atoms with Gasteiger partial charge in [-0.15, -0.1) is 6.58 Å². The van der Waals surface area contributed by atoms with Gasteiger partial charge in [0, 0.05) is 26.2 Å². The van der Waals surface area contributed by atoms with Crippen molar-refractivity contribution in [3.63, 3.8) is 0 Å². The van der Waals surface area contributed by atoms with E-state index >= 15 is 0 Å². The molecule has 0 saturated carbocycles. The molecular weight excluding hydrogens is 578 g/mol. The molecule has 3 N–H and O–H groups in total. The summed E-state index contributed by atoms with van der Waals surface area (Å²) in [5, 5.41) is 29.3. The van der Waals surface area contributed by atoms with Gasteiger partial charge in [-0.3, -0.25) is 9.64 Å². The Kier molecular flexibility index (Phi) is 21.7. The maximum atomic E-state index is 13.8. The molecule has 0 aromatic heterocycles. The normalized spacial score (nSPS) is 17.3. The topological polar surface area (TPSA) is 138 Å². The molecule has 0 aromatic rings. The Hall–Kier alpha value is -1.02. The number of halogens is 4. The second kappa shape index (κ2) is 23.4. The first kappa shape index (κ1) is 39.0. The molecule has 0 aromatic carbocycles. The van der Waals surface area contributed by atoms with Gasteiger partial charge in [-0.05, 0) is 12.8 Å². The van der Waals surface area contributed by atoms with E-state index in [-0.39, 0.29) is 52.7 Å². The number of nitrogens with zero attached hydrogens (tertiary/aromatic N) is 1. The third-order valence-electron chi connectivity index (χ3n) is 5.48. The first-order valence-corrected chi connectivity index (χ1v) is 13.9. The van der Waals surface area contributed by atoms with Gasteiger partial charge in [0.05, 0.1) is 78.8 Å². The van der Waals surface area contributed by atoms with Crippen LogP contribution in [0, 0.1) is 0 Å². The number of hydrogen-bond donors (Lipinski definition) is 3. The first-order valence-electron chi connectivity index (χ1n) is 13.9. The van der Waals surface area contributed by atoms with Crippen molar-refractivity contribution >= 4 is 0 Å². The zero-order valence-electron chi connectivity index (χ0n) is 24.0. The van der Waals surface area contributed by atoms with Gasteiger partial charge in [0.2, 0.25) is 0 Å². The predicted octanol–water partition coefficient (Wildman–Crippen LogP) is 0.669. The quantitative estimate of drug-likeness (QED) is 0.0640. The lowest BCUT2D eigenvalue weighted by atomic mass is 10.3. The molecule has 1 rings (SSSR count). The standard InChI is InChI=1S/C26H47F4NO11/c1-2-3-8-36-16-23(33)17-37-9-4-22(32)15-39-13-14-40-20-25(27,28)42-26(29,30)21-41-19-24(34)18-38-12-7-31-5-10-35-11-6-31/h2,22-24,32-34H,1,3-21H2. The van der Waals surface area contributed by atoms with Gasteiger partial charge in [0.25, 0.3) is 0 Å². The lowest BCUT2D eigenvalue weighted by Crippen LogP contribution is -2.40. The SMILES string of the molecule is C=CCCOCC(O)COCCC(O)COCCOCC(F)(F)OC(F)(F)COCC(O)COCCN1CCOCC1. The molecule has 0 aliphatic carbocycles. The fourth-order valence-corrected chi connectivity index (χ4v) is 3.36. The second-order valence-corrected chi connectivity index (χ2v) is 9.53. The van der Waals surface area contributed by atoms with Crippen molar-refractivity contribution < 1.29 is 70.8 Å². The zero-order valence-corrected chi connectivity index (χ0v) is 24.0. The summed E-state index contributed by atoms with van der Waals surface area (Å²) < 4.78 is 93.9. The third-order valence-corrected chi connectivity index (χ3v) is 5.48. The Morgan fingerprint density at radius 1 is 0.690 bits per heavy atom. The van der Waals surface area contributed by atoms with Crippen molar-refractivity contribution in [3.05, 3.63) is 12.7 Å². The van der Waals surface area contributed by atoms with Gasteiger partial charge in [-0.1, -0.05) is 6.08 Å². The molecule has 1 heterocycles. The molecule has 3 atom stereocenters. The average Bonchev–Trinajstić information content (AvgIpc) is 2.93. The van der Waals surface area contributed by atoms with Crippen LogP contribution < -0.4 is 0 Å². The molecule has 0 amide bonds. The summed E-state index contributed by atoms with van der Waals surface area (Å²) in [6.07, 6.45) is -9.00. The highest BCUT2D eigenvalue weighted by molar-refractivity contribution is 4.65. The van der Waals surface area contributed by atoms with Gasteiger partial charge in [-0.2, -0.15) is 17.6 Å². The van der Waals surface area contributed by atoms with Gasteiger partial charge in [-0.25, -0.2) is 0 Å². The third kappa shape index (κ3) is 22.5. The monoisotopic (exact) mass is 625 g/mol. The molecule has 42 heavy (non-hydrogen) atoms. The van der Waals surface area contributed by atoms with Gasteiger partial charge in [0.1, 0.15) is 25.4 Å². The van der Waals surface area contributed by atoms with E-state index in [4.69, 9.17) is 23.7 Å². The minimum Gasteiger partial charge on any atom is -0.391 e. The molecule has 12 nitrogen and oxygen atoms in total. The Morgan fingerprint density at radius 3 is 1.83 bits per heavy atom. The molecule has 3 unspecified atom stereocenters. The van der Waals surface area contributed by atoms with E-state index in [1.54, 1.807) is 6.08 Å². The fourth-order valence-electron chi connectivity index (χ4n) is 3.36. The molecule has 250 valence electrons. The average molecular weight is 626 g/mol. The van der Waals surface area contributed by atoms with E-state index in [2.05, 4.69) is 25.7 Å². The van der Waals surface area contributed by atoms with E-state index in [1.807, 2.05) is 0 Å². The van der Waals surface area contributed by atoms with Crippen LogP contribution in [0.1, 0.15) is 12.8 Å². The summed E-state index contributed by atoms with van der Waals surface area (Å²) in [5.74, 6) is 0. The number of ether oxygens (including phenoxy) is 8. The highest BCUT2D eigenvalue weighted by Gasteiger charge is 2.44. The molecule has 1 fully saturated rings. The van der Waals surface area contributed by atoms with Crippen molar-refractivity contribution in [2.45, 2.75) is 43.4 Å². The molecular formula is C26H47F4NO11. The number of morpholine rings is 1. The minimum atomic E-state index is -4.33. The van der Waals surface area contributed by atoms with Crippen molar-refractivity contribution in [1.29, 1.82) is 0 Å². The van der Waals surface area contributed by atoms with E-state index < -0.39 is 50.3 Å². The largest absolute Gasteiger partial charge is 0.391 e. The molecule has 0 bridgehead atoms. The smallest absolute Gasteiger partial charge is 0.383 e.